The van der Waals surface area contributed by atoms with Crippen LogP contribution in [0.1, 0.15) is 39.0 Å². The van der Waals surface area contributed by atoms with Crippen LogP contribution in [0.25, 0.3) is 0 Å². The van der Waals surface area contributed by atoms with E-state index in [1.165, 1.54) is 6.42 Å². The van der Waals surface area contributed by atoms with Crippen molar-refractivity contribution in [2.75, 3.05) is 6.54 Å². The summed E-state index contributed by atoms with van der Waals surface area (Å²) in [7, 11) is 0. The number of rotatable bonds is 5. The molecule has 3 nitrogen and oxygen atoms in total. The molecule has 3 unspecified atom stereocenters. The number of carbonyl (C=O) groups is 1. The first-order valence-corrected chi connectivity index (χ1v) is 6.21. The lowest BCUT2D eigenvalue weighted by Gasteiger charge is -2.17. The van der Waals surface area contributed by atoms with Gasteiger partial charge in [-0.15, -0.1) is 0 Å². The van der Waals surface area contributed by atoms with Gasteiger partial charge in [0.05, 0.1) is 0 Å². The van der Waals surface area contributed by atoms with Crippen LogP contribution < -0.4 is 11.1 Å². The second-order valence-corrected chi connectivity index (χ2v) is 5.26. The third kappa shape index (κ3) is 2.71. The first kappa shape index (κ1) is 10.9. The number of amides is 1. The summed E-state index contributed by atoms with van der Waals surface area (Å²) in [5.74, 6) is 2.38. The predicted molar refractivity (Wildman–Crippen MR) is 60.2 cm³/mol. The number of hydrogen-bond donors (Lipinski definition) is 2. The summed E-state index contributed by atoms with van der Waals surface area (Å²) in [5, 5.41) is 3.10. The van der Waals surface area contributed by atoms with Crippen molar-refractivity contribution >= 4 is 5.91 Å². The second-order valence-electron chi connectivity index (χ2n) is 5.26. The summed E-state index contributed by atoms with van der Waals surface area (Å²) in [4.78, 5) is 11.8. The average Bonchev–Trinajstić information content (AvgIpc) is 2.82. The van der Waals surface area contributed by atoms with Gasteiger partial charge in [0.15, 0.2) is 0 Å². The molecule has 86 valence electrons. The zero-order chi connectivity index (χ0) is 10.8. The van der Waals surface area contributed by atoms with Gasteiger partial charge in [-0.2, -0.15) is 0 Å². The van der Waals surface area contributed by atoms with Gasteiger partial charge in [-0.3, -0.25) is 4.79 Å². The van der Waals surface area contributed by atoms with Crippen LogP contribution in [-0.4, -0.2) is 18.5 Å². The molecule has 2 aliphatic rings. The van der Waals surface area contributed by atoms with E-state index in [1.54, 1.807) is 0 Å². The molecule has 0 radical (unpaired) electrons. The minimum Gasteiger partial charge on any atom is -0.353 e. The van der Waals surface area contributed by atoms with Crippen LogP contribution in [0, 0.1) is 17.8 Å². The molecule has 2 saturated carbocycles. The van der Waals surface area contributed by atoms with Crippen LogP contribution in [0.3, 0.4) is 0 Å². The predicted octanol–water partition coefficient (Wildman–Crippen LogP) is 1.28. The van der Waals surface area contributed by atoms with Gasteiger partial charge in [0.2, 0.25) is 5.91 Å². The van der Waals surface area contributed by atoms with Gasteiger partial charge in [0.25, 0.3) is 0 Å². The van der Waals surface area contributed by atoms with Crippen molar-refractivity contribution < 1.29 is 4.79 Å². The van der Waals surface area contributed by atoms with Crippen molar-refractivity contribution in [1.29, 1.82) is 0 Å². The number of hydrogen-bond acceptors (Lipinski definition) is 2. The van der Waals surface area contributed by atoms with Gasteiger partial charge in [-0.25, -0.2) is 0 Å². The smallest absolute Gasteiger partial charge is 0.223 e. The van der Waals surface area contributed by atoms with Crippen molar-refractivity contribution in [3.63, 3.8) is 0 Å². The average molecular weight is 210 g/mol. The van der Waals surface area contributed by atoms with Crippen molar-refractivity contribution in [2.24, 2.45) is 23.5 Å². The zero-order valence-corrected chi connectivity index (χ0v) is 9.54. The van der Waals surface area contributed by atoms with Gasteiger partial charge in [-0.05, 0) is 57.4 Å². The van der Waals surface area contributed by atoms with Crippen LogP contribution >= 0.6 is 0 Å². The normalized spacial score (nSPS) is 34.7. The largest absolute Gasteiger partial charge is 0.353 e. The van der Waals surface area contributed by atoms with Crippen LogP contribution in [-0.2, 0) is 4.79 Å². The number of nitrogens with two attached hydrogens (primary N) is 1. The molecule has 2 aliphatic carbocycles. The van der Waals surface area contributed by atoms with Gasteiger partial charge in [0.1, 0.15) is 0 Å². The van der Waals surface area contributed by atoms with Crippen molar-refractivity contribution in [1.82, 2.24) is 5.32 Å². The van der Waals surface area contributed by atoms with Gasteiger partial charge >= 0.3 is 0 Å². The highest BCUT2D eigenvalue weighted by molar-refractivity contribution is 5.79. The van der Waals surface area contributed by atoms with E-state index in [9.17, 15) is 4.79 Å². The minimum absolute atomic E-state index is 0.284. The summed E-state index contributed by atoms with van der Waals surface area (Å²) >= 11 is 0. The lowest BCUT2D eigenvalue weighted by molar-refractivity contribution is -0.125. The minimum atomic E-state index is 0.284. The number of carbonyl (C=O) groups excluding carboxylic acids is 1. The standard InChI is InChI=1S/C12H22N2O/c1-8(3-2-4-13)14-12(15)11-6-9-5-10(9)7-11/h8-11H,2-7,13H2,1H3,(H,14,15). The highest BCUT2D eigenvalue weighted by Crippen LogP contribution is 2.54. The Labute approximate surface area is 91.8 Å². The lowest BCUT2D eigenvalue weighted by atomic mass is 10.0. The molecule has 0 aromatic carbocycles. The first-order chi connectivity index (χ1) is 7.20. The van der Waals surface area contributed by atoms with Gasteiger partial charge in [-0.1, -0.05) is 0 Å². The summed E-state index contributed by atoms with van der Waals surface area (Å²) in [6.45, 7) is 2.79. The molecule has 0 saturated heterocycles. The van der Waals surface area contributed by atoms with E-state index < -0.39 is 0 Å². The third-order valence-electron chi connectivity index (χ3n) is 3.84. The maximum Gasteiger partial charge on any atom is 0.223 e. The number of fused-ring (bicyclic) bond motifs is 1. The number of nitrogens with one attached hydrogen (secondary N) is 1. The molecule has 1 amide bonds. The molecule has 2 fully saturated rings. The van der Waals surface area contributed by atoms with Gasteiger partial charge in [0, 0.05) is 12.0 Å². The maximum atomic E-state index is 11.8. The fourth-order valence-electron chi connectivity index (χ4n) is 2.79. The molecule has 3 atom stereocenters. The third-order valence-corrected chi connectivity index (χ3v) is 3.84. The molecule has 0 bridgehead atoms. The van der Waals surface area contributed by atoms with Crippen molar-refractivity contribution in [3.05, 3.63) is 0 Å². The van der Waals surface area contributed by atoms with Crippen LogP contribution in [0.4, 0.5) is 0 Å². The molecule has 0 aromatic rings. The van der Waals surface area contributed by atoms with E-state index in [0.717, 1.165) is 37.5 Å². The quantitative estimate of drug-likeness (QED) is 0.718. The van der Waals surface area contributed by atoms with Crippen molar-refractivity contribution in [2.45, 2.75) is 45.1 Å². The Balaban J connectivity index is 1.67. The van der Waals surface area contributed by atoms with E-state index in [1.807, 2.05) is 0 Å². The Kier molecular flexibility index (Phi) is 3.29. The van der Waals surface area contributed by atoms with Gasteiger partial charge < -0.3 is 11.1 Å². The van der Waals surface area contributed by atoms with E-state index in [0.29, 0.717) is 12.5 Å². The molecule has 0 aromatic heterocycles. The maximum absolute atomic E-state index is 11.8. The summed E-state index contributed by atoms with van der Waals surface area (Å²) < 4.78 is 0. The SMILES string of the molecule is CC(CCCN)NC(=O)C1CC2CC2C1. The van der Waals surface area contributed by atoms with E-state index >= 15 is 0 Å². The van der Waals surface area contributed by atoms with E-state index in [2.05, 4.69) is 12.2 Å². The summed E-state index contributed by atoms with van der Waals surface area (Å²) in [6.07, 6.45) is 5.66. The summed E-state index contributed by atoms with van der Waals surface area (Å²) in [6, 6.07) is 0.290. The molecular weight excluding hydrogens is 188 g/mol. The topological polar surface area (TPSA) is 55.1 Å². The Hall–Kier alpha value is -0.570. The van der Waals surface area contributed by atoms with Crippen molar-refractivity contribution in [3.8, 4) is 0 Å². The summed E-state index contributed by atoms with van der Waals surface area (Å²) in [5.41, 5.74) is 5.44. The Bertz CT molecular complexity index is 232. The van der Waals surface area contributed by atoms with Crippen LogP contribution in [0.2, 0.25) is 0 Å². The van der Waals surface area contributed by atoms with Crippen LogP contribution in [0.15, 0.2) is 0 Å². The molecule has 3 heteroatoms. The molecule has 15 heavy (non-hydrogen) atoms. The van der Waals surface area contributed by atoms with E-state index in [4.69, 9.17) is 5.73 Å². The second kappa shape index (κ2) is 4.52. The Morgan fingerprint density at radius 1 is 1.40 bits per heavy atom. The molecular formula is C12H22N2O. The monoisotopic (exact) mass is 210 g/mol. The molecule has 3 N–H and O–H groups in total. The molecule has 0 aliphatic heterocycles. The Morgan fingerprint density at radius 2 is 2.07 bits per heavy atom. The first-order valence-electron chi connectivity index (χ1n) is 6.21. The fraction of sp³-hybridized carbons (Fsp3) is 0.917. The Morgan fingerprint density at radius 3 is 2.67 bits per heavy atom. The molecule has 0 heterocycles. The van der Waals surface area contributed by atoms with Crippen LogP contribution in [0.5, 0.6) is 0 Å². The highest BCUT2D eigenvalue weighted by Gasteiger charge is 2.47. The molecule has 2 rings (SSSR count). The highest BCUT2D eigenvalue weighted by atomic mass is 16.1. The molecule has 0 spiro atoms. The van der Waals surface area contributed by atoms with E-state index in [-0.39, 0.29) is 11.9 Å². The zero-order valence-electron chi connectivity index (χ0n) is 9.54. The fourth-order valence-corrected chi connectivity index (χ4v) is 2.79. The lowest BCUT2D eigenvalue weighted by Crippen LogP contribution is -2.37.